The van der Waals surface area contributed by atoms with Crippen molar-refractivity contribution in [2.24, 2.45) is 14.1 Å². The molecule has 0 aromatic carbocycles. The van der Waals surface area contributed by atoms with Gasteiger partial charge in [0.2, 0.25) is 0 Å². The molecule has 2 aromatic rings. The number of ether oxygens (including phenoxy) is 1. The van der Waals surface area contributed by atoms with Crippen molar-refractivity contribution in [1.29, 1.82) is 0 Å². The Morgan fingerprint density at radius 1 is 1.30 bits per heavy atom. The first-order chi connectivity index (χ1) is 9.65. The molecule has 3 rings (SSSR count). The Morgan fingerprint density at radius 2 is 2.15 bits per heavy atom. The minimum atomic E-state index is 0.397. The Kier molecular flexibility index (Phi) is 3.58. The van der Waals surface area contributed by atoms with Gasteiger partial charge < -0.3 is 4.74 Å². The fourth-order valence-corrected chi connectivity index (χ4v) is 2.98. The van der Waals surface area contributed by atoms with Crippen LogP contribution in [0.4, 0.5) is 0 Å². The van der Waals surface area contributed by atoms with Gasteiger partial charge in [0.05, 0.1) is 18.5 Å². The number of rotatable bonds is 4. The van der Waals surface area contributed by atoms with Gasteiger partial charge in [0, 0.05) is 70.3 Å². The van der Waals surface area contributed by atoms with Crippen LogP contribution in [0.15, 0.2) is 18.6 Å². The van der Waals surface area contributed by atoms with Gasteiger partial charge in [-0.05, 0) is 0 Å². The van der Waals surface area contributed by atoms with Gasteiger partial charge in [-0.15, -0.1) is 0 Å². The molecule has 0 radical (unpaired) electrons. The summed E-state index contributed by atoms with van der Waals surface area (Å²) in [6.07, 6.45) is 6.12. The number of methoxy groups -OCH3 is 1. The molecule has 3 heterocycles. The maximum atomic E-state index is 5.37. The molecule has 0 unspecified atom stereocenters. The van der Waals surface area contributed by atoms with Crippen molar-refractivity contribution in [3.8, 4) is 0 Å². The quantitative estimate of drug-likeness (QED) is 0.832. The molecule has 1 aliphatic rings. The summed E-state index contributed by atoms with van der Waals surface area (Å²) >= 11 is 0. The molecular formula is C14H21N5O. The van der Waals surface area contributed by atoms with Crippen LogP contribution in [-0.2, 0) is 31.9 Å². The molecular weight excluding hydrogens is 254 g/mol. The van der Waals surface area contributed by atoms with Gasteiger partial charge >= 0.3 is 0 Å². The summed E-state index contributed by atoms with van der Waals surface area (Å²) < 4.78 is 9.12. The van der Waals surface area contributed by atoms with Crippen molar-refractivity contribution in [2.75, 3.05) is 20.3 Å². The molecule has 1 aliphatic heterocycles. The van der Waals surface area contributed by atoms with E-state index in [0.29, 0.717) is 5.92 Å². The van der Waals surface area contributed by atoms with Crippen molar-refractivity contribution < 1.29 is 4.74 Å². The van der Waals surface area contributed by atoms with E-state index in [2.05, 4.69) is 27.5 Å². The van der Waals surface area contributed by atoms with Crippen molar-refractivity contribution in [2.45, 2.75) is 19.0 Å². The third kappa shape index (κ3) is 2.62. The predicted octanol–water partition coefficient (Wildman–Crippen LogP) is 0.899. The average Bonchev–Trinajstić information content (AvgIpc) is 2.95. The summed E-state index contributed by atoms with van der Waals surface area (Å²) in [6, 6.07) is 0. The monoisotopic (exact) mass is 275 g/mol. The summed E-state index contributed by atoms with van der Waals surface area (Å²) in [4.78, 5) is 2.41. The van der Waals surface area contributed by atoms with Crippen LogP contribution in [0, 0.1) is 0 Å². The number of hydrogen-bond donors (Lipinski definition) is 0. The normalized spacial score (nSPS) is 19.2. The summed E-state index contributed by atoms with van der Waals surface area (Å²) in [5.41, 5.74) is 3.74. The van der Waals surface area contributed by atoms with Gasteiger partial charge in [0.1, 0.15) is 0 Å². The molecule has 0 saturated heterocycles. The second-order valence-electron chi connectivity index (χ2n) is 5.55. The van der Waals surface area contributed by atoms with E-state index in [4.69, 9.17) is 4.74 Å². The number of hydrogen-bond acceptors (Lipinski definition) is 4. The van der Waals surface area contributed by atoms with Crippen LogP contribution in [-0.4, -0.2) is 44.7 Å². The van der Waals surface area contributed by atoms with Crippen molar-refractivity contribution >= 4 is 0 Å². The highest BCUT2D eigenvalue weighted by atomic mass is 16.5. The third-order valence-electron chi connectivity index (χ3n) is 3.76. The van der Waals surface area contributed by atoms with Crippen molar-refractivity contribution in [3.05, 3.63) is 35.4 Å². The lowest BCUT2D eigenvalue weighted by molar-refractivity contribution is 0.135. The predicted molar refractivity (Wildman–Crippen MR) is 75.1 cm³/mol. The minimum absolute atomic E-state index is 0.397. The third-order valence-corrected chi connectivity index (χ3v) is 3.76. The van der Waals surface area contributed by atoms with Gasteiger partial charge in [-0.2, -0.15) is 10.2 Å². The molecule has 2 aromatic heterocycles. The molecule has 0 fully saturated rings. The second-order valence-corrected chi connectivity index (χ2v) is 5.55. The highest BCUT2D eigenvalue weighted by Crippen LogP contribution is 2.28. The van der Waals surface area contributed by atoms with E-state index in [0.717, 1.165) is 26.2 Å². The molecule has 0 amide bonds. The lowest BCUT2D eigenvalue weighted by atomic mass is 9.95. The second kappa shape index (κ2) is 5.38. The van der Waals surface area contributed by atoms with Crippen molar-refractivity contribution in [3.63, 3.8) is 0 Å². The molecule has 0 aliphatic carbocycles. The van der Waals surface area contributed by atoms with Gasteiger partial charge in [-0.25, -0.2) is 0 Å². The number of aromatic nitrogens is 4. The molecule has 6 nitrogen and oxygen atoms in total. The smallest absolute Gasteiger partial charge is 0.0800 e. The largest absolute Gasteiger partial charge is 0.384 e. The Bertz CT molecular complexity index is 588. The lowest BCUT2D eigenvalue weighted by Crippen LogP contribution is -2.34. The summed E-state index contributed by atoms with van der Waals surface area (Å²) in [5.74, 6) is 0.397. The van der Waals surface area contributed by atoms with E-state index < -0.39 is 0 Å². The Morgan fingerprint density at radius 3 is 2.85 bits per heavy atom. The zero-order valence-corrected chi connectivity index (χ0v) is 12.3. The Hall–Kier alpha value is -1.66. The summed E-state index contributed by atoms with van der Waals surface area (Å²) in [6.45, 7) is 3.54. The molecule has 0 spiro atoms. The molecule has 0 N–H and O–H groups in total. The fraction of sp³-hybridized carbons (Fsp3) is 0.571. The molecule has 0 bridgehead atoms. The Balaban J connectivity index is 1.78. The van der Waals surface area contributed by atoms with E-state index in [1.54, 1.807) is 7.11 Å². The van der Waals surface area contributed by atoms with E-state index in [9.17, 15) is 0 Å². The first-order valence-corrected chi connectivity index (χ1v) is 6.87. The first kappa shape index (κ1) is 13.3. The maximum Gasteiger partial charge on any atom is 0.0800 e. The van der Waals surface area contributed by atoms with Gasteiger partial charge in [-0.1, -0.05) is 0 Å². The van der Waals surface area contributed by atoms with Crippen molar-refractivity contribution in [1.82, 2.24) is 24.5 Å². The van der Waals surface area contributed by atoms with E-state index in [1.165, 1.54) is 16.8 Å². The standard InChI is InChI=1S/C14H21N5O/c1-17-5-11(4-15-17)6-19-7-12(10-20-3)13-8-18(2)16-14(13)9-19/h4-5,8,12H,6-7,9-10H2,1-3H3/t12-/m0/s1. The minimum Gasteiger partial charge on any atom is -0.384 e. The van der Waals surface area contributed by atoms with Crippen LogP contribution in [0.5, 0.6) is 0 Å². The highest BCUT2D eigenvalue weighted by molar-refractivity contribution is 5.25. The number of nitrogens with zero attached hydrogens (tertiary/aromatic N) is 5. The summed E-state index contributed by atoms with van der Waals surface area (Å²) in [5, 5.41) is 8.81. The molecule has 0 saturated carbocycles. The zero-order chi connectivity index (χ0) is 14.1. The summed E-state index contributed by atoms with van der Waals surface area (Å²) in [7, 11) is 5.69. The number of aryl methyl sites for hydroxylation is 2. The van der Waals surface area contributed by atoms with Gasteiger partial charge in [0.25, 0.3) is 0 Å². The maximum absolute atomic E-state index is 5.37. The topological polar surface area (TPSA) is 48.1 Å². The molecule has 6 heteroatoms. The number of fused-ring (bicyclic) bond motifs is 1. The van der Waals surface area contributed by atoms with Crippen LogP contribution in [0.3, 0.4) is 0 Å². The van der Waals surface area contributed by atoms with Crippen LogP contribution in [0.1, 0.15) is 22.7 Å². The Labute approximate surface area is 118 Å². The SMILES string of the molecule is COC[C@@H]1CN(Cc2cnn(C)c2)Cc2nn(C)cc21. The van der Waals surface area contributed by atoms with E-state index >= 15 is 0 Å². The van der Waals surface area contributed by atoms with Gasteiger partial charge in [-0.3, -0.25) is 14.3 Å². The molecule has 108 valence electrons. The molecule has 20 heavy (non-hydrogen) atoms. The van der Waals surface area contributed by atoms with Crippen LogP contribution >= 0.6 is 0 Å². The van der Waals surface area contributed by atoms with E-state index in [-0.39, 0.29) is 0 Å². The van der Waals surface area contributed by atoms with Crippen LogP contribution < -0.4 is 0 Å². The molecule has 1 atom stereocenters. The fourth-order valence-electron chi connectivity index (χ4n) is 2.98. The van der Waals surface area contributed by atoms with Crippen LogP contribution in [0.25, 0.3) is 0 Å². The zero-order valence-electron chi connectivity index (χ0n) is 12.3. The van der Waals surface area contributed by atoms with Crippen LogP contribution in [0.2, 0.25) is 0 Å². The lowest BCUT2D eigenvalue weighted by Gasteiger charge is -2.31. The average molecular weight is 275 g/mol. The first-order valence-electron chi connectivity index (χ1n) is 6.87. The van der Waals surface area contributed by atoms with E-state index in [1.807, 2.05) is 29.7 Å². The van der Waals surface area contributed by atoms with Gasteiger partial charge in [0.15, 0.2) is 0 Å². The highest BCUT2D eigenvalue weighted by Gasteiger charge is 2.28.